The van der Waals surface area contributed by atoms with Crippen LogP contribution in [-0.2, 0) is 0 Å². The first-order valence-electron chi connectivity index (χ1n) is 25.3. The maximum absolute atomic E-state index is 2.49. The normalized spacial score (nSPS) is 11.6. The van der Waals surface area contributed by atoms with Gasteiger partial charge < -0.3 is 9.80 Å². The van der Waals surface area contributed by atoms with Crippen molar-refractivity contribution >= 4 is 119 Å². The van der Waals surface area contributed by atoms with Gasteiger partial charge in [-0.2, -0.15) is 0 Å². The predicted molar refractivity (Wildman–Crippen MR) is 322 cm³/mol. The highest BCUT2D eigenvalue weighted by Gasteiger charge is 2.24. The standard InChI is InChI=1S/C70H48N2S2/c1-45-41-49(33-37-61(45)71(65-29-15-19-47-17-3-5-21-53(47)65)63-27-11-7-23-55(63)51-35-39-69-59(43-51)57-25-9-13-31-67(57)73-69)50-34-38-62(46(2)42-50)72(66-30-16-20-48-18-4-6-22-54(48)66)64-28-12-8-24-56(64)52-36-40-70-60(44-52)58-26-10-14-32-68(58)74-70/h3-44H,1-2H3. The van der Waals surface area contributed by atoms with Crippen LogP contribution in [0.25, 0.3) is 95.3 Å². The molecule has 0 atom stereocenters. The molecule has 0 bridgehead atoms. The molecule has 0 spiro atoms. The summed E-state index contributed by atoms with van der Waals surface area (Å²) < 4.78 is 5.24. The lowest BCUT2D eigenvalue weighted by Crippen LogP contribution is -2.13. The molecule has 0 radical (unpaired) electrons. The maximum atomic E-state index is 2.49. The van der Waals surface area contributed by atoms with E-state index in [9.17, 15) is 0 Å². The molecule has 74 heavy (non-hydrogen) atoms. The first-order chi connectivity index (χ1) is 36.5. The Hall–Kier alpha value is -8.80. The second kappa shape index (κ2) is 18.0. The van der Waals surface area contributed by atoms with Crippen molar-refractivity contribution in [2.75, 3.05) is 9.80 Å². The van der Waals surface area contributed by atoms with Gasteiger partial charge in [-0.3, -0.25) is 0 Å². The van der Waals surface area contributed by atoms with Gasteiger partial charge in [-0.05, 0) is 143 Å². The molecule has 0 aliphatic carbocycles. The Kier molecular flexibility index (Phi) is 10.7. The summed E-state index contributed by atoms with van der Waals surface area (Å²) in [5.74, 6) is 0. The fourth-order valence-electron chi connectivity index (χ4n) is 11.4. The van der Waals surface area contributed by atoms with Crippen LogP contribution in [0.15, 0.2) is 255 Å². The molecule has 350 valence electrons. The lowest BCUT2D eigenvalue weighted by atomic mass is 9.96. The zero-order chi connectivity index (χ0) is 49.3. The van der Waals surface area contributed by atoms with Crippen LogP contribution in [0.4, 0.5) is 34.1 Å². The maximum Gasteiger partial charge on any atom is 0.0540 e. The van der Waals surface area contributed by atoms with Gasteiger partial charge >= 0.3 is 0 Å². The second-order valence-corrected chi connectivity index (χ2v) is 21.5. The minimum Gasteiger partial charge on any atom is -0.309 e. The monoisotopic (exact) mass is 980 g/mol. The van der Waals surface area contributed by atoms with Crippen molar-refractivity contribution in [3.05, 3.63) is 266 Å². The third-order valence-corrected chi connectivity index (χ3v) is 17.2. The number of hydrogen-bond acceptors (Lipinski definition) is 4. The number of rotatable bonds is 9. The summed E-state index contributed by atoms with van der Waals surface area (Å²) in [7, 11) is 0. The molecule has 0 N–H and O–H groups in total. The minimum atomic E-state index is 1.14. The Morgan fingerprint density at radius 1 is 0.243 bits per heavy atom. The molecule has 0 saturated carbocycles. The third kappa shape index (κ3) is 7.45. The second-order valence-electron chi connectivity index (χ2n) is 19.3. The Morgan fingerprint density at radius 3 is 1.05 bits per heavy atom. The molecule has 0 aliphatic heterocycles. The average Bonchev–Trinajstić information content (AvgIpc) is 4.03. The Balaban J connectivity index is 0.891. The van der Waals surface area contributed by atoms with E-state index in [0.717, 1.165) is 34.1 Å². The molecule has 14 rings (SSSR count). The molecule has 2 aromatic heterocycles. The molecule has 2 nitrogen and oxygen atoms in total. The Morgan fingerprint density at radius 2 is 0.595 bits per heavy atom. The van der Waals surface area contributed by atoms with Crippen LogP contribution in [0.5, 0.6) is 0 Å². The van der Waals surface area contributed by atoms with Gasteiger partial charge in [0, 0.05) is 73.6 Å². The fourth-order valence-corrected chi connectivity index (χ4v) is 13.5. The molecule has 0 aliphatic rings. The highest BCUT2D eigenvalue weighted by molar-refractivity contribution is 7.26. The lowest BCUT2D eigenvalue weighted by Gasteiger charge is -2.31. The molecule has 0 saturated heterocycles. The largest absolute Gasteiger partial charge is 0.309 e. The van der Waals surface area contributed by atoms with Gasteiger partial charge in [0.2, 0.25) is 0 Å². The van der Waals surface area contributed by atoms with Gasteiger partial charge in [0.05, 0.1) is 22.7 Å². The Bertz CT molecular complexity index is 4200. The highest BCUT2D eigenvalue weighted by Crippen LogP contribution is 2.49. The molecule has 12 aromatic carbocycles. The van der Waals surface area contributed by atoms with Crippen molar-refractivity contribution in [2.24, 2.45) is 0 Å². The van der Waals surface area contributed by atoms with E-state index < -0.39 is 0 Å². The molecule has 14 aromatic rings. The number of thiophene rings is 2. The SMILES string of the molecule is Cc1cc(-c2ccc(N(c3ccccc3-c3ccc4sc5ccccc5c4c3)c3cccc4ccccc34)c(C)c2)ccc1N(c1ccccc1-c1ccc2sc3ccccc3c2c1)c1cccc2ccccc12. The van der Waals surface area contributed by atoms with E-state index in [4.69, 9.17) is 0 Å². The zero-order valence-electron chi connectivity index (χ0n) is 41.0. The quantitative estimate of drug-likeness (QED) is 0.142. The number of para-hydroxylation sites is 2. The molecular formula is C70H48N2S2. The molecule has 0 unspecified atom stereocenters. The van der Waals surface area contributed by atoms with Crippen molar-refractivity contribution in [3.8, 4) is 33.4 Å². The molecule has 0 amide bonds. The summed E-state index contributed by atoms with van der Waals surface area (Å²) in [5, 5.41) is 10.0. The van der Waals surface area contributed by atoms with Crippen LogP contribution in [0.3, 0.4) is 0 Å². The van der Waals surface area contributed by atoms with Crippen molar-refractivity contribution in [3.63, 3.8) is 0 Å². The zero-order valence-corrected chi connectivity index (χ0v) is 42.6. The minimum absolute atomic E-state index is 1.14. The molecular weight excluding hydrogens is 933 g/mol. The number of aryl methyl sites for hydroxylation is 2. The van der Waals surface area contributed by atoms with Gasteiger partial charge in [0.25, 0.3) is 0 Å². The van der Waals surface area contributed by atoms with Gasteiger partial charge in [0.15, 0.2) is 0 Å². The number of nitrogens with zero attached hydrogens (tertiary/aromatic N) is 2. The van der Waals surface area contributed by atoms with Crippen LogP contribution in [0, 0.1) is 13.8 Å². The van der Waals surface area contributed by atoms with E-state index >= 15 is 0 Å². The lowest BCUT2D eigenvalue weighted by molar-refractivity contribution is 1.25. The summed E-state index contributed by atoms with van der Waals surface area (Å²) >= 11 is 3.72. The van der Waals surface area contributed by atoms with Crippen molar-refractivity contribution in [1.82, 2.24) is 0 Å². The van der Waals surface area contributed by atoms with E-state index in [1.807, 2.05) is 22.7 Å². The summed E-state index contributed by atoms with van der Waals surface area (Å²) in [6.45, 7) is 4.53. The van der Waals surface area contributed by atoms with Crippen molar-refractivity contribution < 1.29 is 0 Å². The molecule has 4 heteroatoms. The van der Waals surface area contributed by atoms with Crippen molar-refractivity contribution in [1.29, 1.82) is 0 Å². The van der Waals surface area contributed by atoms with E-state index in [1.165, 1.54) is 106 Å². The number of anilines is 6. The summed E-state index contributed by atoms with van der Waals surface area (Å²) in [6.07, 6.45) is 0. The predicted octanol–water partition coefficient (Wildman–Crippen LogP) is 21.3. The molecule has 2 heterocycles. The summed E-state index contributed by atoms with van der Waals surface area (Å²) in [5.41, 5.74) is 16.3. The number of hydrogen-bond donors (Lipinski definition) is 0. The van der Waals surface area contributed by atoms with Gasteiger partial charge in [0.1, 0.15) is 0 Å². The van der Waals surface area contributed by atoms with Gasteiger partial charge in [-0.25, -0.2) is 0 Å². The van der Waals surface area contributed by atoms with Crippen molar-refractivity contribution in [2.45, 2.75) is 13.8 Å². The van der Waals surface area contributed by atoms with E-state index in [2.05, 4.69) is 278 Å². The van der Waals surface area contributed by atoms with Crippen LogP contribution >= 0.6 is 22.7 Å². The topological polar surface area (TPSA) is 6.48 Å². The van der Waals surface area contributed by atoms with Gasteiger partial charge in [-0.1, -0.05) is 170 Å². The highest BCUT2D eigenvalue weighted by atomic mass is 32.1. The fraction of sp³-hybridized carbons (Fsp3) is 0.0286. The van der Waals surface area contributed by atoms with Gasteiger partial charge in [-0.15, -0.1) is 22.7 Å². The number of benzene rings is 12. The third-order valence-electron chi connectivity index (χ3n) is 14.9. The van der Waals surface area contributed by atoms with Crippen LogP contribution < -0.4 is 9.80 Å². The smallest absolute Gasteiger partial charge is 0.0540 e. The average molecular weight is 981 g/mol. The van der Waals surface area contributed by atoms with Crippen LogP contribution in [0.1, 0.15) is 11.1 Å². The summed E-state index contributed by atoms with van der Waals surface area (Å²) in [6, 6.07) is 94.2. The first kappa shape index (κ1) is 43.9. The first-order valence-corrected chi connectivity index (χ1v) is 26.9. The van der Waals surface area contributed by atoms with Crippen LogP contribution in [0.2, 0.25) is 0 Å². The van der Waals surface area contributed by atoms with Crippen LogP contribution in [-0.4, -0.2) is 0 Å². The van der Waals surface area contributed by atoms with E-state index in [0.29, 0.717) is 0 Å². The Labute approximate surface area is 438 Å². The van der Waals surface area contributed by atoms with E-state index in [-0.39, 0.29) is 0 Å². The van der Waals surface area contributed by atoms with E-state index in [1.54, 1.807) is 0 Å². The number of fused-ring (bicyclic) bond motifs is 8. The summed E-state index contributed by atoms with van der Waals surface area (Å²) in [4.78, 5) is 4.97. The molecule has 0 fully saturated rings.